The number of aryl methyl sites for hydroxylation is 1. The molecule has 1 unspecified atom stereocenters. The summed E-state index contributed by atoms with van der Waals surface area (Å²) in [7, 11) is 3.14. The molecule has 1 N–H and O–H groups in total. The summed E-state index contributed by atoms with van der Waals surface area (Å²) in [6.07, 6.45) is 0.818. The summed E-state index contributed by atoms with van der Waals surface area (Å²) in [5, 5.41) is 10.2. The minimum absolute atomic E-state index is 0.592. The highest BCUT2D eigenvalue weighted by molar-refractivity contribution is 5.45. The molecule has 96 valence electrons. The SMILES string of the molecule is COc1ccc(C(O)c2coc(C)c2)cc1OC. The average molecular weight is 248 g/mol. The van der Waals surface area contributed by atoms with Crippen molar-refractivity contribution in [3.63, 3.8) is 0 Å². The van der Waals surface area contributed by atoms with E-state index in [1.807, 2.05) is 6.92 Å². The molecule has 0 aliphatic rings. The fourth-order valence-electron chi connectivity index (χ4n) is 1.82. The van der Waals surface area contributed by atoms with Crippen molar-refractivity contribution in [1.82, 2.24) is 0 Å². The second-order valence-electron chi connectivity index (χ2n) is 4.01. The number of aliphatic hydroxyl groups excluding tert-OH is 1. The van der Waals surface area contributed by atoms with Crippen LogP contribution in [0.5, 0.6) is 11.5 Å². The van der Waals surface area contributed by atoms with Gasteiger partial charge in [0.15, 0.2) is 11.5 Å². The van der Waals surface area contributed by atoms with Crippen molar-refractivity contribution in [3.8, 4) is 11.5 Å². The highest BCUT2D eigenvalue weighted by Crippen LogP contribution is 2.32. The summed E-state index contributed by atoms with van der Waals surface area (Å²) < 4.78 is 15.6. The molecule has 0 saturated heterocycles. The Morgan fingerprint density at radius 2 is 1.78 bits per heavy atom. The van der Waals surface area contributed by atoms with Gasteiger partial charge in [0.2, 0.25) is 0 Å². The van der Waals surface area contributed by atoms with Crippen LogP contribution >= 0.6 is 0 Å². The van der Waals surface area contributed by atoms with E-state index in [0.717, 1.165) is 16.9 Å². The third-order valence-electron chi connectivity index (χ3n) is 2.79. The molecule has 18 heavy (non-hydrogen) atoms. The molecule has 0 amide bonds. The number of methoxy groups -OCH3 is 2. The molecule has 1 heterocycles. The molecule has 0 radical (unpaired) electrons. The lowest BCUT2D eigenvalue weighted by Crippen LogP contribution is -1.99. The Bertz CT molecular complexity index is 530. The fraction of sp³-hybridized carbons (Fsp3) is 0.286. The van der Waals surface area contributed by atoms with Crippen LogP contribution < -0.4 is 9.47 Å². The summed E-state index contributed by atoms with van der Waals surface area (Å²) in [6, 6.07) is 7.13. The molecule has 4 heteroatoms. The Morgan fingerprint density at radius 1 is 1.06 bits per heavy atom. The molecular weight excluding hydrogens is 232 g/mol. The molecule has 1 aromatic heterocycles. The van der Waals surface area contributed by atoms with Gasteiger partial charge in [0.05, 0.1) is 20.5 Å². The van der Waals surface area contributed by atoms with Gasteiger partial charge in [-0.1, -0.05) is 6.07 Å². The first-order chi connectivity index (χ1) is 8.65. The highest BCUT2D eigenvalue weighted by Gasteiger charge is 2.15. The predicted octanol–water partition coefficient (Wildman–Crippen LogP) is 2.69. The van der Waals surface area contributed by atoms with Gasteiger partial charge in [-0.25, -0.2) is 0 Å². The summed E-state index contributed by atoms with van der Waals surface area (Å²) >= 11 is 0. The van der Waals surface area contributed by atoms with Gasteiger partial charge in [-0.3, -0.25) is 0 Å². The Balaban J connectivity index is 2.33. The van der Waals surface area contributed by atoms with Gasteiger partial charge < -0.3 is 19.0 Å². The molecule has 4 nitrogen and oxygen atoms in total. The normalized spacial score (nSPS) is 12.2. The van der Waals surface area contributed by atoms with Crippen molar-refractivity contribution in [2.24, 2.45) is 0 Å². The maximum Gasteiger partial charge on any atom is 0.161 e. The number of hydrogen-bond acceptors (Lipinski definition) is 4. The third-order valence-corrected chi connectivity index (χ3v) is 2.79. The van der Waals surface area contributed by atoms with Gasteiger partial charge in [0.25, 0.3) is 0 Å². The maximum absolute atomic E-state index is 10.2. The predicted molar refractivity (Wildman–Crippen MR) is 67.1 cm³/mol. The van der Waals surface area contributed by atoms with E-state index in [9.17, 15) is 5.11 Å². The third kappa shape index (κ3) is 2.33. The number of ether oxygens (including phenoxy) is 2. The van der Waals surface area contributed by atoms with E-state index in [0.29, 0.717) is 11.5 Å². The van der Waals surface area contributed by atoms with Gasteiger partial charge in [-0.15, -0.1) is 0 Å². The number of benzene rings is 1. The van der Waals surface area contributed by atoms with Crippen LogP contribution in [-0.4, -0.2) is 19.3 Å². The Morgan fingerprint density at radius 3 is 2.33 bits per heavy atom. The monoisotopic (exact) mass is 248 g/mol. The van der Waals surface area contributed by atoms with Gasteiger partial charge in [-0.05, 0) is 30.7 Å². The second kappa shape index (κ2) is 5.14. The number of aliphatic hydroxyl groups is 1. The van der Waals surface area contributed by atoms with E-state index in [2.05, 4.69) is 0 Å². The van der Waals surface area contributed by atoms with Crippen LogP contribution in [0.3, 0.4) is 0 Å². The molecule has 0 aliphatic carbocycles. The van der Waals surface area contributed by atoms with E-state index >= 15 is 0 Å². The molecule has 0 spiro atoms. The van der Waals surface area contributed by atoms with Gasteiger partial charge in [-0.2, -0.15) is 0 Å². The molecule has 2 rings (SSSR count). The number of furan rings is 1. The number of rotatable bonds is 4. The zero-order chi connectivity index (χ0) is 13.1. The first-order valence-electron chi connectivity index (χ1n) is 5.60. The molecule has 0 saturated carbocycles. The lowest BCUT2D eigenvalue weighted by molar-refractivity contribution is 0.218. The van der Waals surface area contributed by atoms with E-state index in [1.54, 1.807) is 44.7 Å². The van der Waals surface area contributed by atoms with Crippen molar-refractivity contribution in [3.05, 3.63) is 47.4 Å². The van der Waals surface area contributed by atoms with Crippen molar-refractivity contribution in [2.75, 3.05) is 14.2 Å². The van der Waals surface area contributed by atoms with Crippen LogP contribution in [0.2, 0.25) is 0 Å². The smallest absolute Gasteiger partial charge is 0.161 e. The maximum atomic E-state index is 10.2. The lowest BCUT2D eigenvalue weighted by atomic mass is 10.0. The fourth-order valence-corrected chi connectivity index (χ4v) is 1.82. The van der Waals surface area contributed by atoms with Crippen LogP contribution in [0.25, 0.3) is 0 Å². The highest BCUT2D eigenvalue weighted by atomic mass is 16.5. The first kappa shape index (κ1) is 12.5. The van der Waals surface area contributed by atoms with Gasteiger partial charge in [0.1, 0.15) is 11.9 Å². The summed E-state index contributed by atoms with van der Waals surface area (Å²) in [4.78, 5) is 0. The quantitative estimate of drug-likeness (QED) is 0.903. The lowest BCUT2D eigenvalue weighted by Gasteiger charge is -2.12. The van der Waals surface area contributed by atoms with Crippen molar-refractivity contribution >= 4 is 0 Å². The molecular formula is C14H16O4. The van der Waals surface area contributed by atoms with E-state index in [1.165, 1.54) is 0 Å². The van der Waals surface area contributed by atoms with Crippen molar-refractivity contribution in [1.29, 1.82) is 0 Å². The van der Waals surface area contributed by atoms with Crippen LogP contribution in [0, 0.1) is 6.92 Å². The average Bonchev–Trinajstić information content (AvgIpc) is 2.83. The zero-order valence-corrected chi connectivity index (χ0v) is 10.6. The van der Waals surface area contributed by atoms with Gasteiger partial charge in [0, 0.05) is 5.56 Å². The van der Waals surface area contributed by atoms with Gasteiger partial charge >= 0.3 is 0 Å². The minimum Gasteiger partial charge on any atom is -0.493 e. The summed E-state index contributed by atoms with van der Waals surface area (Å²) in [6.45, 7) is 1.84. The van der Waals surface area contributed by atoms with Crippen LogP contribution in [0.4, 0.5) is 0 Å². The standard InChI is InChI=1S/C14H16O4/c1-9-6-11(8-18-9)14(15)10-4-5-12(16-2)13(7-10)17-3/h4-8,14-15H,1-3H3. The van der Waals surface area contributed by atoms with Crippen molar-refractivity contribution in [2.45, 2.75) is 13.0 Å². The van der Waals surface area contributed by atoms with Crippen LogP contribution in [-0.2, 0) is 0 Å². The Labute approximate surface area is 106 Å². The Hall–Kier alpha value is -1.94. The first-order valence-corrected chi connectivity index (χ1v) is 5.60. The van der Waals surface area contributed by atoms with Crippen LogP contribution in [0.15, 0.2) is 34.9 Å². The molecule has 1 atom stereocenters. The molecule has 2 aromatic rings. The summed E-state index contributed by atoms with van der Waals surface area (Å²) in [5.74, 6) is 2.00. The largest absolute Gasteiger partial charge is 0.493 e. The molecule has 0 bridgehead atoms. The number of hydrogen-bond donors (Lipinski definition) is 1. The summed E-state index contributed by atoms with van der Waals surface area (Å²) in [5.41, 5.74) is 1.45. The molecule has 0 fully saturated rings. The van der Waals surface area contributed by atoms with E-state index in [4.69, 9.17) is 13.9 Å². The topological polar surface area (TPSA) is 51.8 Å². The molecule has 0 aliphatic heterocycles. The zero-order valence-electron chi connectivity index (χ0n) is 10.6. The van der Waals surface area contributed by atoms with Crippen molar-refractivity contribution < 1.29 is 19.0 Å². The Kier molecular flexibility index (Phi) is 3.58. The molecule has 1 aromatic carbocycles. The van der Waals surface area contributed by atoms with E-state index < -0.39 is 6.10 Å². The van der Waals surface area contributed by atoms with Crippen LogP contribution in [0.1, 0.15) is 23.0 Å². The second-order valence-corrected chi connectivity index (χ2v) is 4.01. The van der Waals surface area contributed by atoms with E-state index in [-0.39, 0.29) is 0 Å². The minimum atomic E-state index is -0.734.